The van der Waals surface area contributed by atoms with E-state index in [1.807, 2.05) is 29.8 Å². The van der Waals surface area contributed by atoms with Crippen LogP contribution in [0.25, 0.3) is 5.65 Å². The Bertz CT molecular complexity index is 497. The van der Waals surface area contributed by atoms with Gasteiger partial charge in [0.15, 0.2) is 5.65 Å². The molecule has 1 fully saturated rings. The van der Waals surface area contributed by atoms with Crippen molar-refractivity contribution in [2.75, 3.05) is 13.1 Å². The highest BCUT2D eigenvalue weighted by atomic mass is 15.3. The van der Waals surface area contributed by atoms with Crippen LogP contribution in [-0.2, 0) is 0 Å². The van der Waals surface area contributed by atoms with Crippen molar-refractivity contribution in [1.82, 2.24) is 19.9 Å². The fourth-order valence-electron chi connectivity index (χ4n) is 2.37. The Kier molecular flexibility index (Phi) is 2.36. The van der Waals surface area contributed by atoms with E-state index in [9.17, 15) is 0 Å². The minimum atomic E-state index is 0.554. The SMILES string of the molecule is Cc1ccc2ncc(C3CCCNC3)n2n1. The molecule has 0 radical (unpaired) electrons. The summed E-state index contributed by atoms with van der Waals surface area (Å²) in [4.78, 5) is 4.41. The molecule has 84 valence electrons. The van der Waals surface area contributed by atoms with Crippen LogP contribution in [0.1, 0.15) is 30.1 Å². The molecule has 4 nitrogen and oxygen atoms in total. The molecule has 2 aromatic rings. The number of aryl methyl sites for hydroxylation is 1. The number of nitrogens with one attached hydrogen (secondary N) is 1. The molecule has 1 N–H and O–H groups in total. The molecule has 3 heterocycles. The smallest absolute Gasteiger partial charge is 0.153 e. The predicted molar refractivity (Wildman–Crippen MR) is 62.6 cm³/mol. The van der Waals surface area contributed by atoms with Crippen LogP contribution in [-0.4, -0.2) is 27.7 Å². The van der Waals surface area contributed by atoms with Crippen molar-refractivity contribution >= 4 is 5.65 Å². The first-order valence-electron chi connectivity index (χ1n) is 5.86. The Morgan fingerprint density at radius 2 is 2.38 bits per heavy atom. The normalized spacial score (nSPS) is 21.4. The van der Waals surface area contributed by atoms with Gasteiger partial charge in [0, 0.05) is 12.5 Å². The van der Waals surface area contributed by atoms with Gasteiger partial charge in [0.2, 0.25) is 0 Å². The van der Waals surface area contributed by atoms with Gasteiger partial charge in [-0.1, -0.05) is 0 Å². The fourth-order valence-corrected chi connectivity index (χ4v) is 2.37. The summed E-state index contributed by atoms with van der Waals surface area (Å²) >= 11 is 0. The van der Waals surface area contributed by atoms with Gasteiger partial charge in [0.05, 0.1) is 17.6 Å². The predicted octanol–water partition coefficient (Wildman–Crippen LogP) is 1.50. The molecular formula is C12H16N4. The molecule has 0 amide bonds. The molecular weight excluding hydrogens is 200 g/mol. The lowest BCUT2D eigenvalue weighted by Gasteiger charge is -2.21. The van der Waals surface area contributed by atoms with E-state index in [0.29, 0.717) is 5.92 Å². The number of fused-ring (bicyclic) bond motifs is 1. The molecule has 0 saturated carbocycles. The lowest BCUT2D eigenvalue weighted by molar-refractivity contribution is 0.449. The highest BCUT2D eigenvalue weighted by Gasteiger charge is 2.19. The Morgan fingerprint density at radius 3 is 3.19 bits per heavy atom. The van der Waals surface area contributed by atoms with Crippen LogP contribution < -0.4 is 5.32 Å². The maximum absolute atomic E-state index is 4.54. The summed E-state index contributed by atoms with van der Waals surface area (Å²) in [5.74, 6) is 0.554. The van der Waals surface area contributed by atoms with E-state index in [1.165, 1.54) is 18.5 Å². The number of rotatable bonds is 1. The van der Waals surface area contributed by atoms with Gasteiger partial charge in [-0.3, -0.25) is 0 Å². The molecule has 0 aliphatic carbocycles. The third kappa shape index (κ3) is 1.59. The number of nitrogens with zero attached hydrogens (tertiary/aromatic N) is 3. The largest absolute Gasteiger partial charge is 0.316 e. The molecule has 1 atom stereocenters. The van der Waals surface area contributed by atoms with Gasteiger partial charge in [0.25, 0.3) is 0 Å². The monoisotopic (exact) mass is 216 g/mol. The number of piperidine rings is 1. The number of hydrogen-bond donors (Lipinski definition) is 1. The summed E-state index contributed by atoms with van der Waals surface area (Å²) < 4.78 is 1.99. The van der Waals surface area contributed by atoms with E-state index < -0.39 is 0 Å². The van der Waals surface area contributed by atoms with Gasteiger partial charge in [-0.05, 0) is 38.4 Å². The summed E-state index contributed by atoms with van der Waals surface area (Å²) in [5.41, 5.74) is 3.23. The molecule has 2 aromatic heterocycles. The average Bonchev–Trinajstić information content (AvgIpc) is 2.73. The van der Waals surface area contributed by atoms with Crippen LogP contribution in [0.2, 0.25) is 0 Å². The van der Waals surface area contributed by atoms with Crippen LogP contribution in [0, 0.1) is 6.92 Å². The number of imidazole rings is 1. The second-order valence-electron chi connectivity index (χ2n) is 4.47. The third-order valence-corrected chi connectivity index (χ3v) is 3.24. The molecule has 0 spiro atoms. The van der Waals surface area contributed by atoms with Crippen LogP contribution in [0.3, 0.4) is 0 Å². The van der Waals surface area contributed by atoms with Crippen molar-refractivity contribution < 1.29 is 0 Å². The molecule has 0 bridgehead atoms. The van der Waals surface area contributed by atoms with Gasteiger partial charge >= 0.3 is 0 Å². The second kappa shape index (κ2) is 3.87. The highest BCUT2D eigenvalue weighted by Crippen LogP contribution is 2.23. The standard InChI is InChI=1S/C12H16N4/c1-9-4-5-12-14-8-11(16(12)15-9)10-3-2-6-13-7-10/h4-5,8,10,13H,2-3,6-7H2,1H3. The van der Waals surface area contributed by atoms with Crippen LogP contribution >= 0.6 is 0 Å². The Morgan fingerprint density at radius 1 is 1.44 bits per heavy atom. The van der Waals surface area contributed by atoms with E-state index in [-0.39, 0.29) is 0 Å². The lowest BCUT2D eigenvalue weighted by atomic mass is 9.97. The summed E-state index contributed by atoms with van der Waals surface area (Å²) in [6.07, 6.45) is 4.44. The Balaban J connectivity index is 2.05. The topological polar surface area (TPSA) is 42.2 Å². The first kappa shape index (κ1) is 9.78. The number of hydrogen-bond acceptors (Lipinski definition) is 3. The summed E-state index contributed by atoms with van der Waals surface area (Å²) in [6.45, 7) is 4.20. The quantitative estimate of drug-likeness (QED) is 0.785. The van der Waals surface area contributed by atoms with Crippen LogP contribution in [0.15, 0.2) is 18.3 Å². The molecule has 1 saturated heterocycles. The molecule has 1 unspecified atom stereocenters. The fraction of sp³-hybridized carbons (Fsp3) is 0.500. The van der Waals surface area contributed by atoms with Gasteiger partial charge < -0.3 is 5.32 Å². The molecule has 4 heteroatoms. The molecule has 1 aliphatic heterocycles. The van der Waals surface area contributed by atoms with E-state index in [2.05, 4.69) is 15.4 Å². The lowest BCUT2D eigenvalue weighted by Crippen LogP contribution is -2.29. The summed E-state index contributed by atoms with van der Waals surface area (Å²) in [5, 5.41) is 7.97. The van der Waals surface area contributed by atoms with Gasteiger partial charge in [0.1, 0.15) is 0 Å². The maximum Gasteiger partial charge on any atom is 0.153 e. The maximum atomic E-state index is 4.54. The van der Waals surface area contributed by atoms with Crippen molar-refractivity contribution in [3.8, 4) is 0 Å². The van der Waals surface area contributed by atoms with Crippen molar-refractivity contribution in [2.24, 2.45) is 0 Å². The molecule has 1 aliphatic rings. The van der Waals surface area contributed by atoms with Gasteiger partial charge in [-0.2, -0.15) is 5.10 Å². The summed E-state index contributed by atoms with van der Waals surface area (Å²) in [7, 11) is 0. The zero-order chi connectivity index (χ0) is 11.0. The van der Waals surface area contributed by atoms with Crippen molar-refractivity contribution in [1.29, 1.82) is 0 Å². The zero-order valence-electron chi connectivity index (χ0n) is 9.48. The van der Waals surface area contributed by atoms with E-state index >= 15 is 0 Å². The Labute approximate surface area is 94.7 Å². The molecule has 3 rings (SSSR count). The first-order chi connectivity index (χ1) is 7.84. The van der Waals surface area contributed by atoms with E-state index in [4.69, 9.17) is 0 Å². The van der Waals surface area contributed by atoms with Gasteiger partial charge in [-0.15, -0.1) is 0 Å². The minimum absolute atomic E-state index is 0.554. The second-order valence-corrected chi connectivity index (χ2v) is 4.47. The van der Waals surface area contributed by atoms with E-state index in [0.717, 1.165) is 24.4 Å². The van der Waals surface area contributed by atoms with Crippen molar-refractivity contribution in [2.45, 2.75) is 25.7 Å². The number of aromatic nitrogens is 3. The first-order valence-corrected chi connectivity index (χ1v) is 5.86. The minimum Gasteiger partial charge on any atom is -0.316 e. The Hall–Kier alpha value is -1.42. The highest BCUT2D eigenvalue weighted by molar-refractivity contribution is 5.39. The average molecular weight is 216 g/mol. The third-order valence-electron chi connectivity index (χ3n) is 3.24. The van der Waals surface area contributed by atoms with Crippen molar-refractivity contribution in [3.63, 3.8) is 0 Å². The van der Waals surface area contributed by atoms with Crippen LogP contribution in [0.4, 0.5) is 0 Å². The van der Waals surface area contributed by atoms with E-state index in [1.54, 1.807) is 0 Å². The van der Waals surface area contributed by atoms with Crippen LogP contribution in [0.5, 0.6) is 0 Å². The molecule has 0 aromatic carbocycles. The van der Waals surface area contributed by atoms with Gasteiger partial charge in [-0.25, -0.2) is 9.50 Å². The molecule has 16 heavy (non-hydrogen) atoms. The van der Waals surface area contributed by atoms with Crippen molar-refractivity contribution in [3.05, 3.63) is 29.7 Å². The summed E-state index contributed by atoms with van der Waals surface area (Å²) in [6, 6.07) is 4.04. The zero-order valence-corrected chi connectivity index (χ0v) is 9.48.